The number of hydrogen-bond acceptors (Lipinski definition) is 6. The Morgan fingerprint density at radius 3 is 2.96 bits per heavy atom. The number of aromatic nitrogens is 3. The number of methoxy groups -OCH3 is 1. The van der Waals surface area contributed by atoms with E-state index in [0.29, 0.717) is 21.1 Å². The van der Waals surface area contributed by atoms with Gasteiger partial charge in [0.1, 0.15) is 5.75 Å². The Labute approximate surface area is 134 Å². The van der Waals surface area contributed by atoms with Crippen LogP contribution in [-0.2, 0) is 0 Å². The van der Waals surface area contributed by atoms with Crippen LogP contribution in [0.3, 0.4) is 0 Å². The van der Waals surface area contributed by atoms with E-state index in [1.165, 1.54) is 15.9 Å². The molecular formula is C16H11N3O3S. The molecule has 0 radical (unpaired) electrons. The highest BCUT2D eigenvalue weighted by Gasteiger charge is 2.13. The molecule has 0 unspecified atom stereocenters. The van der Waals surface area contributed by atoms with Crippen LogP contribution in [-0.4, -0.2) is 21.7 Å². The van der Waals surface area contributed by atoms with Gasteiger partial charge in [-0.3, -0.25) is 4.79 Å². The molecule has 3 heterocycles. The van der Waals surface area contributed by atoms with Crippen molar-refractivity contribution in [3.8, 4) is 17.3 Å². The van der Waals surface area contributed by atoms with Gasteiger partial charge in [-0.1, -0.05) is 23.5 Å². The van der Waals surface area contributed by atoms with Crippen LogP contribution < -0.4 is 14.8 Å². The molecule has 0 spiro atoms. The van der Waals surface area contributed by atoms with Gasteiger partial charge in [-0.25, -0.2) is 0 Å². The fraction of sp³-hybridized carbons (Fsp3) is 0.0625. The van der Waals surface area contributed by atoms with Gasteiger partial charge < -0.3 is 9.15 Å². The summed E-state index contributed by atoms with van der Waals surface area (Å²) in [7, 11) is 1.61. The van der Waals surface area contributed by atoms with E-state index in [4.69, 9.17) is 9.15 Å². The van der Waals surface area contributed by atoms with Crippen LogP contribution in [0.15, 0.2) is 51.9 Å². The molecule has 0 N–H and O–H groups in total. The Kier molecular flexibility index (Phi) is 3.20. The third-order valence-corrected chi connectivity index (χ3v) is 4.27. The largest absolute Gasteiger partial charge is 0.497 e. The fourth-order valence-electron chi connectivity index (χ4n) is 2.23. The topological polar surface area (TPSA) is 69.6 Å². The fourth-order valence-corrected chi connectivity index (χ4v) is 3.13. The van der Waals surface area contributed by atoms with Gasteiger partial charge in [0.25, 0.3) is 5.56 Å². The van der Waals surface area contributed by atoms with Crippen LogP contribution >= 0.6 is 11.3 Å². The van der Waals surface area contributed by atoms with Crippen molar-refractivity contribution in [3.05, 3.63) is 63.1 Å². The number of thiazole rings is 1. The molecule has 0 atom stereocenters. The Balaban J connectivity index is 1.82. The lowest BCUT2D eigenvalue weighted by atomic mass is 10.2. The number of rotatable bonds is 3. The number of nitrogens with zero attached hydrogens (tertiary/aromatic N) is 3. The lowest BCUT2D eigenvalue weighted by molar-refractivity contribution is 0.414. The Bertz CT molecular complexity index is 1080. The van der Waals surface area contributed by atoms with Crippen molar-refractivity contribution in [3.63, 3.8) is 0 Å². The highest BCUT2D eigenvalue weighted by Crippen LogP contribution is 2.17. The molecule has 6 nitrogen and oxygen atoms in total. The maximum absolute atomic E-state index is 12.4. The molecule has 7 heteroatoms. The second kappa shape index (κ2) is 5.36. The summed E-state index contributed by atoms with van der Waals surface area (Å²) >= 11 is 1.29. The van der Waals surface area contributed by atoms with Crippen LogP contribution in [0.25, 0.3) is 22.6 Å². The van der Waals surface area contributed by atoms with E-state index < -0.39 is 0 Å². The van der Waals surface area contributed by atoms with E-state index >= 15 is 0 Å². The minimum absolute atomic E-state index is 0.196. The first-order valence-electron chi connectivity index (χ1n) is 6.84. The highest BCUT2D eigenvalue weighted by molar-refractivity contribution is 7.15. The SMILES string of the molecule is COc1cccc(/C=c2/sc3nc(-c4ccco4)nn3c2=O)c1. The molecule has 1 aromatic carbocycles. The first-order valence-corrected chi connectivity index (χ1v) is 7.65. The average Bonchev–Trinajstić information content (AvgIpc) is 3.27. The van der Waals surface area contributed by atoms with E-state index in [0.717, 1.165) is 11.3 Å². The van der Waals surface area contributed by atoms with Crippen LogP contribution in [0, 0.1) is 0 Å². The smallest absolute Gasteiger partial charge is 0.291 e. The molecule has 0 aliphatic heterocycles. The average molecular weight is 325 g/mol. The lowest BCUT2D eigenvalue weighted by Gasteiger charge is -1.99. The Morgan fingerprint density at radius 2 is 2.22 bits per heavy atom. The van der Waals surface area contributed by atoms with Crippen LogP contribution in [0.4, 0.5) is 0 Å². The number of benzene rings is 1. The molecule has 0 bridgehead atoms. The molecular weight excluding hydrogens is 314 g/mol. The molecule has 0 saturated heterocycles. The van der Waals surface area contributed by atoms with Gasteiger partial charge in [-0.2, -0.15) is 9.50 Å². The second-order valence-electron chi connectivity index (χ2n) is 4.80. The first kappa shape index (κ1) is 13.7. The quantitative estimate of drug-likeness (QED) is 0.576. The molecule has 114 valence electrons. The molecule has 4 aromatic rings. The maximum atomic E-state index is 12.4. The zero-order chi connectivity index (χ0) is 15.8. The summed E-state index contributed by atoms with van der Waals surface area (Å²) < 4.78 is 12.3. The normalized spacial score (nSPS) is 12.1. The summed E-state index contributed by atoms with van der Waals surface area (Å²) in [6.45, 7) is 0. The van der Waals surface area contributed by atoms with Crippen LogP contribution in [0.1, 0.15) is 5.56 Å². The molecule has 23 heavy (non-hydrogen) atoms. The number of hydrogen-bond donors (Lipinski definition) is 0. The summed E-state index contributed by atoms with van der Waals surface area (Å²) in [6.07, 6.45) is 3.35. The molecule has 0 aliphatic rings. The second-order valence-corrected chi connectivity index (χ2v) is 5.81. The summed E-state index contributed by atoms with van der Waals surface area (Å²) in [5.41, 5.74) is 0.690. The van der Waals surface area contributed by atoms with Gasteiger partial charge in [-0.15, -0.1) is 5.10 Å². The summed E-state index contributed by atoms with van der Waals surface area (Å²) in [6, 6.07) is 11.0. The van der Waals surface area contributed by atoms with Crippen LogP contribution in [0.5, 0.6) is 5.75 Å². The van der Waals surface area contributed by atoms with E-state index in [1.54, 1.807) is 31.6 Å². The minimum Gasteiger partial charge on any atom is -0.497 e. The van der Waals surface area contributed by atoms with E-state index in [1.807, 2.05) is 24.3 Å². The summed E-state index contributed by atoms with van der Waals surface area (Å²) in [4.78, 5) is 17.3. The standard InChI is InChI=1S/C16H11N3O3S/c1-21-11-5-2-4-10(8-11)9-13-15(20)19-16(23-13)17-14(18-19)12-6-3-7-22-12/h2-9H,1H3/b13-9+. The monoisotopic (exact) mass is 325 g/mol. The van der Waals surface area contributed by atoms with Crippen molar-refractivity contribution < 1.29 is 9.15 Å². The van der Waals surface area contributed by atoms with Crippen molar-refractivity contribution >= 4 is 22.4 Å². The minimum atomic E-state index is -0.196. The number of fused-ring (bicyclic) bond motifs is 1. The van der Waals surface area contributed by atoms with Crippen LogP contribution in [0.2, 0.25) is 0 Å². The van der Waals surface area contributed by atoms with Crippen molar-refractivity contribution in [2.45, 2.75) is 0 Å². The Hall–Kier alpha value is -2.93. The van der Waals surface area contributed by atoms with Gasteiger partial charge in [0.15, 0.2) is 5.76 Å². The summed E-state index contributed by atoms with van der Waals surface area (Å²) in [5, 5.41) is 4.22. The van der Waals surface area contributed by atoms with Gasteiger partial charge >= 0.3 is 0 Å². The third kappa shape index (κ3) is 2.40. The van der Waals surface area contributed by atoms with Gasteiger partial charge in [0, 0.05) is 0 Å². The number of ether oxygens (including phenoxy) is 1. The molecule has 0 amide bonds. The zero-order valence-electron chi connectivity index (χ0n) is 12.1. The highest BCUT2D eigenvalue weighted by atomic mass is 32.1. The van der Waals surface area contributed by atoms with Gasteiger partial charge in [0.2, 0.25) is 10.8 Å². The molecule has 3 aromatic heterocycles. The molecule has 0 fully saturated rings. The maximum Gasteiger partial charge on any atom is 0.291 e. The van der Waals surface area contributed by atoms with Crippen molar-refractivity contribution in [1.29, 1.82) is 0 Å². The van der Waals surface area contributed by atoms with Crippen molar-refractivity contribution in [1.82, 2.24) is 14.6 Å². The summed E-state index contributed by atoms with van der Waals surface area (Å²) in [5.74, 6) is 1.69. The van der Waals surface area contributed by atoms with Crippen molar-refractivity contribution in [2.24, 2.45) is 0 Å². The third-order valence-electron chi connectivity index (χ3n) is 3.31. The first-order chi connectivity index (χ1) is 11.2. The molecule has 0 aliphatic carbocycles. The number of furan rings is 1. The van der Waals surface area contributed by atoms with Gasteiger partial charge in [-0.05, 0) is 35.9 Å². The van der Waals surface area contributed by atoms with Gasteiger partial charge in [0.05, 0.1) is 17.9 Å². The molecule has 0 saturated carbocycles. The zero-order valence-corrected chi connectivity index (χ0v) is 12.9. The lowest BCUT2D eigenvalue weighted by Crippen LogP contribution is -2.23. The predicted molar refractivity (Wildman–Crippen MR) is 86.6 cm³/mol. The predicted octanol–water partition coefficient (Wildman–Crippen LogP) is 1.97. The Morgan fingerprint density at radius 1 is 1.30 bits per heavy atom. The van der Waals surface area contributed by atoms with E-state index in [-0.39, 0.29) is 5.56 Å². The van der Waals surface area contributed by atoms with E-state index in [9.17, 15) is 4.79 Å². The molecule has 4 rings (SSSR count). The van der Waals surface area contributed by atoms with Crippen molar-refractivity contribution in [2.75, 3.05) is 7.11 Å². The van der Waals surface area contributed by atoms with E-state index in [2.05, 4.69) is 10.1 Å².